The summed E-state index contributed by atoms with van der Waals surface area (Å²) in [7, 11) is 0. The highest BCUT2D eigenvalue weighted by Gasteiger charge is 2.32. The lowest BCUT2D eigenvalue weighted by Crippen LogP contribution is -2.31. The molecule has 1 saturated heterocycles. The molecule has 0 aliphatic carbocycles. The van der Waals surface area contributed by atoms with Crippen molar-refractivity contribution in [2.75, 3.05) is 13.1 Å². The van der Waals surface area contributed by atoms with Gasteiger partial charge in [-0.2, -0.15) is 5.10 Å². The summed E-state index contributed by atoms with van der Waals surface area (Å²) in [5.74, 6) is -1.47. The number of carboxylic acids is 1. The average molecular weight is 316 g/mol. The molecular formula is C14H22ClN3O3. The van der Waals surface area contributed by atoms with Gasteiger partial charge in [-0.25, -0.2) is 0 Å². The third-order valence-electron chi connectivity index (χ3n) is 3.57. The van der Waals surface area contributed by atoms with Crippen LogP contribution in [0.1, 0.15) is 43.4 Å². The van der Waals surface area contributed by atoms with E-state index in [-0.39, 0.29) is 30.4 Å². The third-order valence-corrected chi connectivity index (χ3v) is 3.57. The molecule has 1 aliphatic rings. The largest absolute Gasteiger partial charge is 0.481 e. The molecule has 6 nitrogen and oxygen atoms in total. The molecule has 0 spiro atoms. The Morgan fingerprint density at radius 2 is 2.00 bits per heavy atom. The number of hydrogen-bond donors (Lipinski definition) is 1. The summed E-state index contributed by atoms with van der Waals surface area (Å²) in [5, 5.41) is 13.4. The van der Waals surface area contributed by atoms with Gasteiger partial charge in [-0.05, 0) is 40.2 Å². The molecule has 1 unspecified atom stereocenters. The van der Waals surface area contributed by atoms with Crippen LogP contribution in [0.15, 0.2) is 6.07 Å². The van der Waals surface area contributed by atoms with Crippen LogP contribution in [0.25, 0.3) is 0 Å². The maximum absolute atomic E-state index is 12.4. The maximum atomic E-state index is 12.4. The molecule has 1 fully saturated rings. The van der Waals surface area contributed by atoms with Crippen molar-refractivity contribution in [3.8, 4) is 0 Å². The van der Waals surface area contributed by atoms with Crippen molar-refractivity contribution in [2.24, 2.45) is 5.92 Å². The first-order valence-electron chi connectivity index (χ1n) is 6.79. The fourth-order valence-electron chi connectivity index (χ4n) is 2.57. The first kappa shape index (κ1) is 17.5. The lowest BCUT2D eigenvalue weighted by molar-refractivity contribution is -0.141. The van der Waals surface area contributed by atoms with Crippen LogP contribution >= 0.6 is 12.4 Å². The van der Waals surface area contributed by atoms with Crippen molar-refractivity contribution in [1.29, 1.82) is 0 Å². The van der Waals surface area contributed by atoms with E-state index < -0.39 is 11.9 Å². The Hall–Kier alpha value is -1.56. The second-order valence-corrected chi connectivity index (χ2v) is 6.33. The number of carbonyl (C=O) groups is 2. The molecule has 1 aromatic heterocycles. The number of hydrogen-bond acceptors (Lipinski definition) is 3. The zero-order valence-corrected chi connectivity index (χ0v) is 13.6. The molecule has 0 bridgehead atoms. The summed E-state index contributed by atoms with van der Waals surface area (Å²) in [6.45, 7) is 8.75. The van der Waals surface area contributed by atoms with Gasteiger partial charge in [0.05, 0.1) is 11.5 Å². The molecule has 0 saturated carbocycles. The van der Waals surface area contributed by atoms with Crippen molar-refractivity contribution in [1.82, 2.24) is 14.7 Å². The normalized spacial score (nSPS) is 18.5. The molecule has 7 heteroatoms. The number of likely N-dealkylation sites (tertiary alicyclic amines) is 1. The van der Waals surface area contributed by atoms with Crippen LogP contribution < -0.4 is 0 Å². The van der Waals surface area contributed by atoms with Crippen molar-refractivity contribution in [3.63, 3.8) is 0 Å². The summed E-state index contributed by atoms with van der Waals surface area (Å²) in [6, 6.07) is 1.77. The van der Waals surface area contributed by atoms with Crippen molar-refractivity contribution in [3.05, 3.63) is 17.5 Å². The molecule has 1 N–H and O–H groups in total. The number of halogens is 1. The van der Waals surface area contributed by atoms with Crippen LogP contribution in [0.2, 0.25) is 0 Å². The number of rotatable bonds is 2. The molecule has 0 aromatic carbocycles. The standard InChI is InChI=1S/C14H21N3O3.ClH/c1-9-7-11(15-17(9)14(2,3)4)12(18)16-6-5-10(8-16)13(19)20;/h7,10H,5-6,8H2,1-4H3,(H,19,20);1H. The van der Waals surface area contributed by atoms with E-state index in [2.05, 4.69) is 5.10 Å². The highest BCUT2D eigenvalue weighted by molar-refractivity contribution is 5.93. The Morgan fingerprint density at radius 3 is 2.43 bits per heavy atom. The van der Waals surface area contributed by atoms with E-state index in [1.807, 2.05) is 32.4 Å². The molecule has 1 atom stereocenters. The fourth-order valence-corrected chi connectivity index (χ4v) is 2.57. The predicted octanol–water partition coefficient (Wildman–Crippen LogP) is 1.92. The Morgan fingerprint density at radius 1 is 1.38 bits per heavy atom. The lowest BCUT2D eigenvalue weighted by atomic mass is 10.1. The molecule has 118 valence electrons. The van der Waals surface area contributed by atoms with Gasteiger partial charge < -0.3 is 10.0 Å². The Bertz CT molecular complexity index is 548. The summed E-state index contributed by atoms with van der Waals surface area (Å²) in [4.78, 5) is 24.9. The maximum Gasteiger partial charge on any atom is 0.308 e. The van der Waals surface area contributed by atoms with Gasteiger partial charge >= 0.3 is 5.97 Å². The third kappa shape index (κ3) is 3.56. The Labute approximate surface area is 130 Å². The summed E-state index contributed by atoms with van der Waals surface area (Å²) in [6.07, 6.45) is 0.514. The first-order valence-corrected chi connectivity index (χ1v) is 6.79. The molecule has 1 amide bonds. The number of aliphatic carboxylic acids is 1. The minimum Gasteiger partial charge on any atom is -0.481 e. The topological polar surface area (TPSA) is 75.4 Å². The number of aryl methyl sites for hydroxylation is 1. The number of aromatic nitrogens is 2. The number of carboxylic acid groups (broad SMARTS) is 1. The fraction of sp³-hybridized carbons (Fsp3) is 0.643. The smallest absolute Gasteiger partial charge is 0.308 e. The van der Waals surface area contributed by atoms with Gasteiger partial charge in [0.1, 0.15) is 0 Å². The van der Waals surface area contributed by atoms with E-state index in [4.69, 9.17) is 5.11 Å². The van der Waals surface area contributed by atoms with E-state index in [1.165, 1.54) is 0 Å². The zero-order chi connectivity index (χ0) is 15.1. The van der Waals surface area contributed by atoms with Crippen molar-refractivity contribution >= 4 is 24.3 Å². The van der Waals surface area contributed by atoms with Crippen molar-refractivity contribution in [2.45, 2.75) is 39.7 Å². The number of carbonyl (C=O) groups excluding carboxylic acids is 1. The molecule has 2 rings (SSSR count). The van der Waals surface area contributed by atoms with Crippen molar-refractivity contribution < 1.29 is 14.7 Å². The molecule has 1 aliphatic heterocycles. The Balaban J connectivity index is 0.00000220. The van der Waals surface area contributed by atoms with Crippen LogP contribution in [0.3, 0.4) is 0 Å². The lowest BCUT2D eigenvalue weighted by Gasteiger charge is -2.21. The second kappa shape index (κ2) is 6.05. The van der Waals surface area contributed by atoms with Crippen LogP contribution in [0, 0.1) is 12.8 Å². The Kier molecular flexibility index (Phi) is 5.04. The summed E-state index contributed by atoms with van der Waals surface area (Å²) >= 11 is 0. The number of nitrogens with zero attached hydrogens (tertiary/aromatic N) is 3. The van der Waals surface area contributed by atoms with Crippen LogP contribution in [0.4, 0.5) is 0 Å². The molecule has 2 heterocycles. The van der Waals surface area contributed by atoms with Gasteiger partial charge in [-0.15, -0.1) is 12.4 Å². The molecular weight excluding hydrogens is 294 g/mol. The minimum absolute atomic E-state index is 0. The molecule has 0 radical (unpaired) electrons. The SMILES string of the molecule is Cc1cc(C(=O)N2CCC(C(=O)O)C2)nn1C(C)(C)C.Cl. The van der Waals surface area contributed by atoms with E-state index >= 15 is 0 Å². The van der Waals surface area contributed by atoms with Gasteiger partial charge in [-0.1, -0.05) is 0 Å². The summed E-state index contributed by atoms with van der Waals surface area (Å²) < 4.78 is 1.82. The second-order valence-electron chi connectivity index (χ2n) is 6.33. The minimum atomic E-state index is -0.836. The highest BCUT2D eigenvalue weighted by Crippen LogP contribution is 2.21. The van der Waals surface area contributed by atoms with Crippen LogP contribution in [-0.2, 0) is 10.3 Å². The molecule has 1 aromatic rings. The molecule has 21 heavy (non-hydrogen) atoms. The van der Waals surface area contributed by atoms with Gasteiger partial charge in [0.25, 0.3) is 5.91 Å². The average Bonchev–Trinajstić information content (AvgIpc) is 2.93. The van der Waals surface area contributed by atoms with E-state index in [0.29, 0.717) is 18.7 Å². The zero-order valence-electron chi connectivity index (χ0n) is 12.8. The van der Waals surface area contributed by atoms with E-state index in [9.17, 15) is 9.59 Å². The first-order chi connectivity index (χ1) is 9.20. The van der Waals surface area contributed by atoms with Gasteiger partial charge in [0.2, 0.25) is 0 Å². The summed E-state index contributed by atoms with van der Waals surface area (Å²) in [5.41, 5.74) is 1.13. The highest BCUT2D eigenvalue weighted by atomic mass is 35.5. The van der Waals surface area contributed by atoms with E-state index in [0.717, 1.165) is 5.69 Å². The van der Waals surface area contributed by atoms with Crippen LogP contribution in [0.5, 0.6) is 0 Å². The van der Waals surface area contributed by atoms with Gasteiger partial charge in [0.15, 0.2) is 5.69 Å². The predicted molar refractivity (Wildman–Crippen MR) is 80.9 cm³/mol. The van der Waals surface area contributed by atoms with Gasteiger partial charge in [0, 0.05) is 18.8 Å². The van der Waals surface area contributed by atoms with Gasteiger partial charge in [-0.3, -0.25) is 14.3 Å². The quantitative estimate of drug-likeness (QED) is 0.904. The number of amides is 1. The van der Waals surface area contributed by atoms with E-state index in [1.54, 1.807) is 11.0 Å². The monoisotopic (exact) mass is 315 g/mol. The van der Waals surface area contributed by atoms with Crippen LogP contribution in [-0.4, -0.2) is 44.8 Å².